The number of aryl methyl sites for hydroxylation is 2. The van der Waals surface area contributed by atoms with Crippen LogP contribution in [0.4, 0.5) is 5.69 Å². The first kappa shape index (κ1) is 19.1. The minimum absolute atomic E-state index is 0.0527. The largest absolute Gasteiger partial charge is 0.325 e. The Labute approximate surface area is 163 Å². The maximum Gasteiger partial charge on any atom is 0.237 e. The van der Waals surface area contributed by atoms with Crippen molar-refractivity contribution in [2.45, 2.75) is 44.6 Å². The van der Waals surface area contributed by atoms with Crippen LogP contribution in [0.15, 0.2) is 47.9 Å². The Morgan fingerprint density at radius 3 is 2.59 bits per heavy atom. The predicted molar refractivity (Wildman–Crippen MR) is 109 cm³/mol. The molecule has 7 heteroatoms. The van der Waals surface area contributed by atoms with Crippen molar-refractivity contribution in [2.75, 3.05) is 5.32 Å². The summed E-state index contributed by atoms with van der Waals surface area (Å²) in [6.07, 6.45) is 3.47. The van der Waals surface area contributed by atoms with Crippen LogP contribution in [-0.4, -0.2) is 30.9 Å². The van der Waals surface area contributed by atoms with Crippen molar-refractivity contribution >= 4 is 23.4 Å². The number of pyridine rings is 1. The van der Waals surface area contributed by atoms with E-state index in [2.05, 4.69) is 26.6 Å². The summed E-state index contributed by atoms with van der Waals surface area (Å²) in [6.45, 7) is 8.67. The zero-order valence-electron chi connectivity index (χ0n) is 15.9. The van der Waals surface area contributed by atoms with Gasteiger partial charge >= 0.3 is 0 Å². The minimum atomic E-state index is -0.300. The Bertz CT molecular complexity index is 939. The van der Waals surface area contributed by atoms with Gasteiger partial charge in [-0.15, -0.1) is 10.2 Å². The van der Waals surface area contributed by atoms with E-state index in [4.69, 9.17) is 0 Å². The third-order valence-corrected chi connectivity index (χ3v) is 5.34. The first-order valence-electron chi connectivity index (χ1n) is 8.88. The van der Waals surface area contributed by atoms with E-state index in [1.165, 1.54) is 17.3 Å². The summed E-state index contributed by atoms with van der Waals surface area (Å²) in [6, 6.07) is 9.80. The molecule has 27 heavy (non-hydrogen) atoms. The van der Waals surface area contributed by atoms with Crippen molar-refractivity contribution in [1.82, 2.24) is 19.7 Å². The number of carbonyl (C=O) groups is 1. The highest BCUT2D eigenvalue weighted by Crippen LogP contribution is 2.27. The monoisotopic (exact) mass is 381 g/mol. The number of carbonyl (C=O) groups excluding carboxylic acids is 1. The molecule has 0 bridgehead atoms. The molecule has 0 aliphatic heterocycles. The van der Waals surface area contributed by atoms with Gasteiger partial charge in [-0.1, -0.05) is 29.5 Å². The Morgan fingerprint density at radius 1 is 1.19 bits per heavy atom. The lowest BCUT2D eigenvalue weighted by Crippen LogP contribution is -2.23. The third-order valence-electron chi connectivity index (χ3n) is 4.26. The molecule has 0 aliphatic rings. The molecule has 1 atom stereocenters. The number of rotatable bonds is 6. The zero-order chi connectivity index (χ0) is 19.4. The van der Waals surface area contributed by atoms with Crippen molar-refractivity contribution < 1.29 is 4.79 Å². The van der Waals surface area contributed by atoms with Gasteiger partial charge in [0.25, 0.3) is 0 Å². The van der Waals surface area contributed by atoms with E-state index < -0.39 is 0 Å². The number of benzene rings is 1. The fourth-order valence-electron chi connectivity index (χ4n) is 2.78. The van der Waals surface area contributed by atoms with E-state index in [-0.39, 0.29) is 11.2 Å². The van der Waals surface area contributed by atoms with Gasteiger partial charge in [0, 0.05) is 30.2 Å². The smallest absolute Gasteiger partial charge is 0.237 e. The van der Waals surface area contributed by atoms with Gasteiger partial charge in [0.15, 0.2) is 11.0 Å². The van der Waals surface area contributed by atoms with E-state index in [0.717, 1.165) is 34.3 Å². The number of amides is 1. The van der Waals surface area contributed by atoms with Crippen LogP contribution in [0.25, 0.3) is 11.4 Å². The maximum atomic E-state index is 12.6. The number of nitrogens with zero attached hydrogens (tertiary/aromatic N) is 4. The van der Waals surface area contributed by atoms with Crippen LogP contribution in [0.1, 0.15) is 25.0 Å². The van der Waals surface area contributed by atoms with E-state index >= 15 is 0 Å². The summed E-state index contributed by atoms with van der Waals surface area (Å²) in [4.78, 5) is 16.7. The standard InChI is InChI=1S/C20H23N5OS/c1-5-25-18(16-8-10-21-11-9-16)23-24-20(25)27-15(4)19(26)22-17-7-6-13(2)12-14(17)3/h6-12,15H,5H2,1-4H3,(H,22,26)/t15-/m0/s1. The Kier molecular flexibility index (Phi) is 5.91. The van der Waals surface area contributed by atoms with Gasteiger partial charge in [0.05, 0.1) is 5.25 Å². The molecular weight excluding hydrogens is 358 g/mol. The van der Waals surface area contributed by atoms with Crippen LogP contribution in [0.5, 0.6) is 0 Å². The summed E-state index contributed by atoms with van der Waals surface area (Å²) in [7, 11) is 0. The first-order valence-corrected chi connectivity index (χ1v) is 9.76. The Balaban J connectivity index is 1.75. The van der Waals surface area contributed by atoms with Crippen molar-refractivity contribution in [3.8, 4) is 11.4 Å². The predicted octanol–water partition coefficient (Wildman–Crippen LogP) is 4.10. The summed E-state index contributed by atoms with van der Waals surface area (Å²) in [5, 5.41) is 12.0. The molecule has 0 saturated carbocycles. The highest BCUT2D eigenvalue weighted by Gasteiger charge is 2.20. The van der Waals surface area contributed by atoms with Gasteiger partial charge in [-0.05, 0) is 51.5 Å². The molecule has 0 saturated heterocycles. The molecule has 1 N–H and O–H groups in total. The Hall–Kier alpha value is -2.67. The number of hydrogen-bond donors (Lipinski definition) is 1. The number of anilines is 1. The average molecular weight is 382 g/mol. The zero-order valence-corrected chi connectivity index (χ0v) is 16.7. The van der Waals surface area contributed by atoms with Crippen molar-refractivity contribution in [3.05, 3.63) is 53.9 Å². The molecule has 1 aromatic carbocycles. The molecule has 140 valence electrons. The first-order chi connectivity index (χ1) is 13.0. The summed E-state index contributed by atoms with van der Waals surface area (Å²) in [5.41, 5.74) is 4.02. The van der Waals surface area contributed by atoms with Crippen LogP contribution >= 0.6 is 11.8 Å². The second-order valence-electron chi connectivity index (χ2n) is 6.35. The lowest BCUT2D eigenvalue weighted by Gasteiger charge is -2.14. The van der Waals surface area contributed by atoms with Gasteiger partial charge in [-0.25, -0.2) is 0 Å². The SMILES string of the molecule is CCn1c(S[C@@H](C)C(=O)Nc2ccc(C)cc2C)nnc1-c1ccncc1. The molecule has 3 rings (SSSR count). The van der Waals surface area contributed by atoms with Crippen molar-refractivity contribution in [3.63, 3.8) is 0 Å². The van der Waals surface area contributed by atoms with Gasteiger partial charge in [0.2, 0.25) is 5.91 Å². The molecule has 0 radical (unpaired) electrons. The van der Waals surface area contributed by atoms with E-state index in [9.17, 15) is 4.79 Å². The fraction of sp³-hybridized carbons (Fsp3) is 0.300. The quantitative estimate of drug-likeness (QED) is 0.651. The highest BCUT2D eigenvalue weighted by molar-refractivity contribution is 8.00. The van der Waals surface area contributed by atoms with E-state index in [1.54, 1.807) is 12.4 Å². The minimum Gasteiger partial charge on any atom is -0.325 e. The topological polar surface area (TPSA) is 72.7 Å². The fourth-order valence-corrected chi connectivity index (χ4v) is 3.69. The lowest BCUT2D eigenvalue weighted by atomic mass is 10.1. The Morgan fingerprint density at radius 2 is 1.93 bits per heavy atom. The molecule has 2 heterocycles. The van der Waals surface area contributed by atoms with Crippen molar-refractivity contribution in [1.29, 1.82) is 0 Å². The second kappa shape index (κ2) is 8.35. The molecule has 0 fully saturated rings. The maximum absolute atomic E-state index is 12.6. The number of aromatic nitrogens is 4. The van der Waals surface area contributed by atoms with Gasteiger partial charge in [-0.2, -0.15) is 0 Å². The van der Waals surface area contributed by atoms with Gasteiger partial charge in [-0.3, -0.25) is 9.78 Å². The van der Waals surface area contributed by atoms with Crippen LogP contribution in [0.2, 0.25) is 0 Å². The molecule has 2 aromatic heterocycles. The van der Waals surface area contributed by atoms with Crippen LogP contribution in [0, 0.1) is 13.8 Å². The second-order valence-corrected chi connectivity index (χ2v) is 7.66. The highest BCUT2D eigenvalue weighted by atomic mass is 32.2. The number of hydrogen-bond acceptors (Lipinski definition) is 5. The molecule has 1 amide bonds. The van der Waals surface area contributed by atoms with Crippen molar-refractivity contribution in [2.24, 2.45) is 0 Å². The summed E-state index contributed by atoms with van der Waals surface area (Å²) in [5.74, 6) is 0.729. The lowest BCUT2D eigenvalue weighted by molar-refractivity contribution is -0.115. The molecule has 0 aliphatic carbocycles. The molecule has 0 unspecified atom stereocenters. The summed E-state index contributed by atoms with van der Waals surface area (Å²) >= 11 is 1.41. The van der Waals surface area contributed by atoms with Gasteiger partial charge < -0.3 is 9.88 Å². The van der Waals surface area contributed by atoms with Gasteiger partial charge in [0.1, 0.15) is 0 Å². The molecule has 3 aromatic rings. The number of nitrogens with one attached hydrogen (secondary N) is 1. The van der Waals surface area contributed by atoms with Crippen LogP contribution in [0.3, 0.4) is 0 Å². The normalized spacial score (nSPS) is 12.0. The summed E-state index contributed by atoms with van der Waals surface area (Å²) < 4.78 is 2.01. The van der Waals surface area contributed by atoms with Crippen LogP contribution in [-0.2, 0) is 11.3 Å². The van der Waals surface area contributed by atoms with E-state index in [1.807, 2.05) is 56.5 Å². The van der Waals surface area contributed by atoms with E-state index in [0.29, 0.717) is 0 Å². The number of thioether (sulfide) groups is 1. The molecule has 0 spiro atoms. The molecular formula is C20H23N5OS. The van der Waals surface area contributed by atoms with Crippen LogP contribution < -0.4 is 5.32 Å². The average Bonchev–Trinajstić information content (AvgIpc) is 3.07. The molecule has 6 nitrogen and oxygen atoms in total. The third kappa shape index (κ3) is 4.36.